The molecule has 116 valence electrons. The summed E-state index contributed by atoms with van der Waals surface area (Å²) in [6, 6.07) is 8.42. The summed E-state index contributed by atoms with van der Waals surface area (Å²) in [5.41, 5.74) is 2.27. The number of amides is 1. The van der Waals surface area contributed by atoms with Gasteiger partial charge in [0.1, 0.15) is 0 Å². The van der Waals surface area contributed by atoms with E-state index in [1.54, 1.807) is 13.2 Å². The number of carbonyl (C=O) groups excluding carboxylic acids is 1. The molecular weight excluding hydrogens is 262 g/mol. The van der Waals surface area contributed by atoms with Gasteiger partial charge < -0.3 is 9.64 Å². The van der Waals surface area contributed by atoms with E-state index in [0.29, 0.717) is 13.2 Å². The lowest BCUT2D eigenvalue weighted by atomic mass is 10.1. The molecule has 3 heteroatoms. The van der Waals surface area contributed by atoms with Crippen molar-refractivity contribution < 1.29 is 9.53 Å². The Morgan fingerprint density at radius 2 is 1.86 bits per heavy atom. The number of methoxy groups -OCH3 is 1. The van der Waals surface area contributed by atoms with Crippen molar-refractivity contribution >= 4 is 12.0 Å². The molecule has 21 heavy (non-hydrogen) atoms. The zero-order chi connectivity index (χ0) is 15.7. The van der Waals surface area contributed by atoms with Crippen LogP contribution in [0.25, 0.3) is 6.08 Å². The highest BCUT2D eigenvalue weighted by molar-refractivity contribution is 5.92. The highest BCUT2D eigenvalue weighted by Gasteiger charge is 2.18. The SMILES string of the molecule is CCC(CC)N(CCOC)C(=O)C=Cc1ccc(C)cc1. The monoisotopic (exact) mass is 289 g/mol. The van der Waals surface area contributed by atoms with Crippen LogP contribution in [-0.2, 0) is 9.53 Å². The molecule has 1 aromatic carbocycles. The van der Waals surface area contributed by atoms with Crippen LogP contribution in [-0.4, -0.2) is 37.1 Å². The first-order valence-corrected chi connectivity index (χ1v) is 7.66. The van der Waals surface area contributed by atoms with E-state index in [0.717, 1.165) is 18.4 Å². The Labute approximate surface area is 128 Å². The van der Waals surface area contributed by atoms with Gasteiger partial charge in [-0.1, -0.05) is 43.7 Å². The number of hydrogen-bond acceptors (Lipinski definition) is 2. The van der Waals surface area contributed by atoms with Crippen molar-refractivity contribution in [1.29, 1.82) is 0 Å². The molecule has 0 atom stereocenters. The van der Waals surface area contributed by atoms with Crippen LogP contribution >= 0.6 is 0 Å². The van der Waals surface area contributed by atoms with Gasteiger partial charge in [0.25, 0.3) is 0 Å². The van der Waals surface area contributed by atoms with E-state index in [9.17, 15) is 4.79 Å². The van der Waals surface area contributed by atoms with Crippen LogP contribution in [0.2, 0.25) is 0 Å². The summed E-state index contributed by atoms with van der Waals surface area (Å²) < 4.78 is 5.12. The number of ether oxygens (including phenoxy) is 1. The third-order valence-electron chi connectivity index (χ3n) is 3.70. The minimum Gasteiger partial charge on any atom is -0.383 e. The summed E-state index contributed by atoms with van der Waals surface area (Å²) in [4.78, 5) is 14.3. The molecule has 0 saturated carbocycles. The normalized spacial score (nSPS) is 11.3. The van der Waals surface area contributed by atoms with Crippen LogP contribution < -0.4 is 0 Å². The minimum absolute atomic E-state index is 0.0568. The molecular formula is C18H27NO2. The van der Waals surface area contributed by atoms with E-state index in [2.05, 4.69) is 20.8 Å². The smallest absolute Gasteiger partial charge is 0.246 e. The molecule has 0 aliphatic heterocycles. The Morgan fingerprint density at radius 3 is 2.38 bits per heavy atom. The van der Waals surface area contributed by atoms with Crippen LogP contribution in [0.1, 0.15) is 37.8 Å². The molecule has 3 nitrogen and oxygen atoms in total. The second-order valence-corrected chi connectivity index (χ2v) is 5.24. The highest BCUT2D eigenvalue weighted by atomic mass is 16.5. The van der Waals surface area contributed by atoms with Gasteiger partial charge in [0.05, 0.1) is 6.61 Å². The largest absolute Gasteiger partial charge is 0.383 e. The summed E-state index contributed by atoms with van der Waals surface area (Å²) >= 11 is 0. The molecule has 0 radical (unpaired) electrons. The van der Waals surface area contributed by atoms with E-state index in [1.807, 2.05) is 35.2 Å². The summed E-state index contributed by atoms with van der Waals surface area (Å²) in [6.07, 6.45) is 5.47. The minimum atomic E-state index is 0.0568. The van der Waals surface area contributed by atoms with Gasteiger partial charge in [0.2, 0.25) is 5.91 Å². The van der Waals surface area contributed by atoms with E-state index in [1.165, 1.54) is 5.56 Å². The number of rotatable bonds is 8. The van der Waals surface area contributed by atoms with Gasteiger partial charge in [-0.05, 0) is 31.4 Å². The van der Waals surface area contributed by atoms with Gasteiger partial charge >= 0.3 is 0 Å². The van der Waals surface area contributed by atoms with Crippen LogP contribution in [0.3, 0.4) is 0 Å². The Bertz CT molecular complexity index is 447. The molecule has 0 bridgehead atoms. The zero-order valence-corrected chi connectivity index (χ0v) is 13.6. The fourth-order valence-corrected chi connectivity index (χ4v) is 2.33. The van der Waals surface area contributed by atoms with Crippen molar-refractivity contribution in [3.8, 4) is 0 Å². The molecule has 0 N–H and O–H groups in total. The molecule has 0 saturated heterocycles. The van der Waals surface area contributed by atoms with Crippen molar-refractivity contribution in [3.63, 3.8) is 0 Å². The Balaban J connectivity index is 2.77. The highest BCUT2D eigenvalue weighted by Crippen LogP contribution is 2.11. The summed E-state index contributed by atoms with van der Waals surface area (Å²) in [5, 5.41) is 0. The standard InChI is InChI=1S/C18H27NO2/c1-5-17(6-2)19(13-14-21-4)18(20)12-11-16-9-7-15(3)8-10-16/h7-12,17H,5-6,13-14H2,1-4H3. The molecule has 0 aliphatic rings. The van der Waals surface area contributed by atoms with Crippen molar-refractivity contribution in [2.75, 3.05) is 20.3 Å². The third kappa shape index (κ3) is 5.72. The van der Waals surface area contributed by atoms with Crippen molar-refractivity contribution in [2.45, 2.75) is 39.7 Å². The Hall–Kier alpha value is -1.61. The second-order valence-electron chi connectivity index (χ2n) is 5.24. The van der Waals surface area contributed by atoms with Crippen LogP contribution in [0.4, 0.5) is 0 Å². The van der Waals surface area contributed by atoms with E-state index < -0.39 is 0 Å². The van der Waals surface area contributed by atoms with Gasteiger partial charge in [0, 0.05) is 25.8 Å². The quantitative estimate of drug-likeness (QED) is 0.683. The van der Waals surface area contributed by atoms with Gasteiger partial charge in [-0.3, -0.25) is 4.79 Å². The van der Waals surface area contributed by atoms with E-state index >= 15 is 0 Å². The topological polar surface area (TPSA) is 29.5 Å². The molecule has 0 aliphatic carbocycles. The summed E-state index contributed by atoms with van der Waals surface area (Å²) in [7, 11) is 1.66. The predicted molar refractivity (Wildman–Crippen MR) is 88.2 cm³/mol. The van der Waals surface area contributed by atoms with Crippen LogP contribution in [0.5, 0.6) is 0 Å². The first kappa shape index (κ1) is 17.4. The fraction of sp³-hybridized carbons (Fsp3) is 0.500. The van der Waals surface area contributed by atoms with Gasteiger partial charge in [0.15, 0.2) is 0 Å². The maximum absolute atomic E-state index is 12.4. The number of nitrogens with zero attached hydrogens (tertiary/aromatic N) is 1. The maximum Gasteiger partial charge on any atom is 0.246 e. The number of hydrogen-bond donors (Lipinski definition) is 0. The Kier molecular flexibility index (Phi) is 7.76. The molecule has 1 amide bonds. The lowest BCUT2D eigenvalue weighted by Gasteiger charge is -2.29. The molecule has 0 unspecified atom stereocenters. The second kappa shape index (κ2) is 9.35. The predicted octanol–water partition coefficient (Wildman–Crippen LogP) is 3.67. The molecule has 1 rings (SSSR count). The first-order chi connectivity index (χ1) is 10.1. The van der Waals surface area contributed by atoms with Gasteiger partial charge in [-0.15, -0.1) is 0 Å². The lowest BCUT2D eigenvalue weighted by molar-refractivity contribution is -0.129. The van der Waals surface area contributed by atoms with Crippen molar-refractivity contribution in [3.05, 3.63) is 41.5 Å². The number of benzene rings is 1. The summed E-state index contributed by atoms with van der Waals surface area (Å²) in [6.45, 7) is 7.49. The fourth-order valence-electron chi connectivity index (χ4n) is 2.33. The average Bonchev–Trinajstić information content (AvgIpc) is 2.50. The van der Waals surface area contributed by atoms with Crippen molar-refractivity contribution in [2.24, 2.45) is 0 Å². The van der Waals surface area contributed by atoms with E-state index in [-0.39, 0.29) is 11.9 Å². The zero-order valence-electron chi connectivity index (χ0n) is 13.6. The third-order valence-corrected chi connectivity index (χ3v) is 3.70. The molecule has 0 spiro atoms. The summed E-state index contributed by atoms with van der Waals surface area (Å²) in [5.74, 6) is 0.0568. The lowest BCUT2D eigenvalue weighted by Crippen LogP contribution is -2.40. The van der Waals surface area contributed by atoms with Gasteiger partial charge in [-0.25, -0.2) is 0 Å². The molecule has 0 fully saturated rings. The van der Waals surface area contributed by atoms with Crippen molar-refractivity contribution in [1.82, 2.24) is 4.90 Å². The van der Waals surface area contributed by atoms with Crippen LogP contribution in [0, 0.1) is 6.92 Å². The number of carbonyl (C=O) groups is 1. The van der Waals surface area contributed by atoms with Gasteiger partial charge in [-0.2, -0.15) is 0 Å². The first-order valence-electron chi connectivity index (χ1n) is 7.66. The maximum atomic E-state index is 12.4. The van der Waals surface area contributed by atoms with E-state index in [4.69, 9.17) is 4.74 Å². The number of aryl methyl sites for hydroxylation is 1. The molecule has 1 aromatic rings. The molecule has 0 aromatic heterocycles. The Morgan fingerprint density at radius 1 is 1.24 bits per heavy atom. The molecule has 0 heterocycles. The van der Waals surface area contributed by atoms with Crippen LogP contribution in [0.15, 0.2) is 30.3 Å². The average molecular weight is 289 g/mol.